The molecule has 0 aliphatic heterocycles. The molecule has 1 aromatic rings. The van der Waals surface area contributed by atoms with Gasteiger partial charge in [0.2, 0.25) is 0 Å². The number of carbonyl (C=O) groups is 1. The van der Waals surface area contributed by atoms with Crippen LogP contribution >= 0.6 is 0 Å². The molecule has 0 saturated carbocycles. The lowest BCUT2D eigenvalue weighted by atomic mass is 10.1. The van der Waals surface area contributed by atoms with Crippen molar-refractivity contribution in [1.82, 2.24) is 0 Å². The topological polar surface area (TPSA) is 113 Å². The van der Waals surface area contributed by atoms with E-state index in [1.165, 1.54) is 7.11 Å². The highest BCUT2D eigenvalue weighted by Gasteiger charge is 2.15. The highest BCUT2D eigenvalue weighted by molar-refractivity contribution is 5.86. The van der Waals surface area contributed by atoms with Gasteiger partial charge in [-0.15, -0.1) is 0 Å². The maximum atomic E-state index is 10.7. The SMILES string of the molecule is COc1cc([N+](=O)[O-])cc(/C=C/C(=O)O)c1C#N. The second kappa shape index (κ2) is 5.45. The number of hydrogen-bond donors (Lipinski definition) is 1. The quantitative estimate of drug-likeness (QED) is 0.491. The summed E-state index contributed by atoms with van der Waals surface area (Å²) in [7, 11) is 1.27. The van der Waals surface area contributed by atoms with Crippen LogP contribution in [0.5, 0.6) is 5.75 Å². The Morgan fingerprint density at radius 1 is 1.61 bits per heavy atom. The third-order valence-corrected chi connectivity index (χ3v) is 2.07. The molecule has 1 N–H and O–H groups in total. The summed E-state index contributed by atoms with van der Waals surface area (Å²) in [6.07, 6.45) is 1.90. The molecule has 0 atom stereocenters. The number of carboxylic acid groups (broad SMARTS) is 1. The molecule has 7 heteroatoms. The zero-order valence-electron chi connectivity index (χ0n) is 9.28. The zero-order chi connectivity index (χ0) is 13.7. The number of hydrogen-bond acceptors (Lipinski definition) is 5. The molecular formula is C11H8N2O5. The maximum absolute atomic E-state index is 10.7. The summed E-state index contributed by atoms with van der Waals surface area (Å²) in [5, 5.41) is 28.1. The molecule has 0 spiro atoms. The standard InChI is InChI=1S/C11H8N2O5/c1-18-10-5-8(13(16)17)4-7(9(10)6-12)2-3-11(14)15/h2-5H,1H3,(H,14,15)/b3-2+. The molecule has 0 amide bonds. The molecule has 1 aromatic carbocycles. The number of nitrogens with zero attached hydrogens (tertiary/aromatic N) is 2. The van der Waals surface area contributed by atoms with Gasteiger partial charge in [0, 0.05) is 17.7 Å². The highest BCUT2D eigenvalue weighted by atomic mass is 16.6. The fraction of sp³-hybridized carbons (Fsp3) is 0.0909. The van der Waals surface area contributed by atoms with Crippen molar-refractivity contribution in [2.45, 2.75) is 0 Å². The first-order valence-corrected chi connectivity index (χ1v) is 4.67. The number of methoxy groups -OCH3 is 1. The van der Waals surface area contributed by atoms with Gasteiger partial charge in [-0.25, -0.2) is 4.79 Å². The summed E-state index contributed by atoms with van der Waals surface area (Å²) < 4.78 is 4.87. The molecular weight excluding hydrogens is 240 g/mol. The first kappa shape index (κ1) is 13.2. The van der Waals surface area contributed by atoms with Gasteiger partial charge in [0.25, 0.3) is 5.69 Å². The van der Waals surface area contributed by atoms with Crippen molar-refractivity contribution < 1.29 is 19.6 Å². The van der Waals surface area contributed by atoms with E-state index >= 15 is 0 Å². The third kappa shape index (κ3) is 2.82. The van der Waals surface area contributed by atoms with Gasteiger partial charge in [0.15, 0.2) is 0 Å². The Kier molecular flexibility index (Phi) is 3.99. The molecule has 0 fully saturated rings. The molecule has 0 aromatic heterocycles. The first-order valence-electron chi connectivity index (χ1n) is 4.67. The lowest BCUT2D eigenvalue weighted by Crippen LogP contribution is -1.96. The second-order valence-corrected chi connectivity index (χ2v) is 3.15. The van der Waals surface area contributed by atoms with Gasteiger partial charge < -0.3 is 9.84 Å². The van der Waals surface area contributed by atoms with Gasteiger partial charge in [-0.3, -0.25) is 10.1 Å². The van der Waals surface area contributed by atoms with E-state index in [2.05, 4.69) is 0 Å². The Bertz CT molecular complexity index is 572. The Morgan fingerprint density at radius 2 is 2.28 bits per heavy atom. The van der Waals surface area contributed by atoms with Crippen molar-refractivity contribution >= 4 is 17.7 Å². The lowest BCUT2D eigenvalue weighted by molar-refractivity contribution is -0.384. The molecule has 0 aliphatic carbocycles. The molecule has 18 heavy (non-hydrogen) atoms. The smallest absolute Gasteiger partial charge is 0.328 e. The number of non-ortho nitro benzene ring substituents is 1. The van der Waals surface area contributed by atoms with Gasteiger partial charge in [-0.1, -0.05) is 0 Å². The summed E-state index contributed by atoms with van der Waals surface area (Å²) in [5.74, 6) is -1.19. The van der Waals surface area contributed by atoms with Crippen LogP contribution in [0.3, 0.4) is 0 Å². The third-order valence-electron chi connectivity index (χ3n) is 2.07. The van der Waals surface area contributed by atoms with Gasteiger partial charge in [0.1, 0.15) is 17.4 Å². The van der Waals surface area contributed by atoms with Crippen molar-refractivity contribution in [3.8, 4) is 11.8 Å². The van der Waals surface area contributed by atoms with Crippen LogP contribution in [0.4, 0.5) is 5.69 Å². The number of aliphatic carboxylic acids is 1. The number of ether oxygens (including phenoxy) is 1. The van der Waals surface area contributed by atoms with Crippen molar-refractivity contribution in [2.24, 2.45) is 0 Å². The van der Waals surface area contributed by atoms with Crippen LogP contribution in [0.2, 0.25) is 0 Å². The van der Waals surface area contributed by atoms with E-state index in [9.17, 15) is 14.9 Å². The van der Waals surface area contributed by atoms with Crippen LogP contribution in [0, 0.1) is 21.4 Å². The van der Waals surface area contributed by atoms with Crippen LogP contribution < -0.4 is 4.74 Å². The normalized spacial score (nSPS) is 10.0. The number of nitriles is 1. The number of rotatable bonds is 4. The molecule has 7 nitrogen and oxygen atoms in total. The number of carboxylic acids is 1. The first-order chi connectivity index (χ1) is 8.49. The fourth-order valence-corrected chi connectivity index (χ4v) is 1.30. The summed E-state index contributed by atoms with van der Waals surface area (Å²) in [4.78, 5) is 20.4. The van der Waals surface area contributed by atoms with Crippen molar-refractivity contribution in [3.05, 3.63) is 39.4 Å². The van der Waals surface area contributed by atoms with Crippen LogP contribution in [0.25, 0.3) is 6.08 Å². The van der Waals surface area contributed by atoms with E-state index in [1.54, 1.807) is 0 Å². The largest absolute Gasteiger partial charge is 0.495 e. The van der Waals surface area contributed by atoms with Crippen LogP contribution in [0.1, 0.15) is 11.1 Å². The summed E-state index contributed by atoms with van der Waals surface area (Å²) in [6.45, 7) is 0. The van der Waals surface area contributed by atoms with E-state index in [0.29, 0.717) is 0 Å². The van der Waals surface area contributed by atoms with Gasteiger partial charge in [0.05, 0.1) is 18.1 Å². The molecule has 0 unspecified atom stereocenters. The number of nitro groups is 1. The number of nitro benzene ring substituents is 1. The minimum absolute atomic E-state index is 0.0248. The monoisotopic (exact) mass is 248 g/mol. The fourth-order valence-electron chi connectivity index (χ4n) is 1.30. The van der Waals surface area contributed by atoms with Crippen LogP contribution in [-0.4, -0.2) is 23.1 Å². The predicted octanol–water partition coefficient (Wildman–Crippen LogP) is 1.57. The summed E-state index contributed by atoms with van der Waals surface area (Å²) in [6, 6.07) is 4.03. The lowest BCUT2D eigenvalue weighted by Gasteiger charge is -2.05. The van der Waals surface area contributed by atoms with E-state index in [1.807, 2.05) is 6.07 Å². The summed E-state index contributed by atoms with van der Waals surface area (Å²) in [5.41, 5.74) is -0.123. The summed E-state index contributed by atoms with van der Waals surface area (Å²) >= 11 is 0. The Labute approximate surface area is 102 Å². The van der Waals surface area contributed by atoms with Crippen molar-refractivity contribution in [1.29, 1.82) is 5.26 Å². The average Bonchev–Trinajstić information content (AvgIpc) is 2.34. The van der Waals surface area contributed by atoms with Gasteiger partial charge in [-0.05, 0) is 6.08 Å². The Morgan fingerprint density at radius 3 is 2.72 bits per heavy atom. The van der Waals surface area contributed by atoms with E-state index in [0.717, 1.165) is 24.3 Å². The molecule has 0 bridgehead atoms. The van der Waals surface area contributed by atoms with Gasteiger partial charge >= 0.3 is 5.97 Å². The highest BCUT2D eigenvalue weighted by Crippen LogP contribution is 2.28. The average molecular weight is 248 g/mol. The number of benzene rings is 1. The minimum atomic E-state index is -1.22. The molecule has 0 radical (unpaired) electrons. The Balaban J connectivity index is 3.46. The molecule has 0 heterocycles. The maximum Gasteiger partial charge on any atom is 0.328 e. The zero-order valence-corrected chi connectivity index (χ0v) is 9.28. The van der Waals surface area contributed by atoms with E-state index < -0.39 is 10.9 Å². The van der Waals surface area contributed by atoms with Crippen molar-refractivity contribution in [3.63, 3.8) is 0 Å². The molecule has 0 saturated heterocycles. The van der Waals surface area contributed by atoms with E-state index in [4.69, 9.17) is 15.1 Å². The van der Waals surface area contributed by atoms with Crippen LogP contribution in [0.15, 0.2) is 18.2 Å². The Hall–Kier alpha value is -2.88. The van der Waals surface area contributed by atoms with Crippen LogP contribution in [-0.2, 0) is 4.79 Å². The van der Waals surface area contributed by atoms with Crippen molar-refractivity contribution in [2.75, 3.05) is 7.11 Å². The minimum Gasteiger partial charge on any atom is -0.495 e. The predicted molar refractivity (Wildman–Crippen MR) is 61.0 cm³/mol. The molecule has 1 rings (SSSR count). The molecule has 0 aliphatic rings. The molecule has 92 valence electrons. The van der Waals surface area contributed by atoms with E-state index in [-0.39, 0.29) is 22.6 Å². The van der Waals surface area contributed by atoms with Gasteiger partial charge in [-0.2, -0.15) is 5.26 Å². The second-order valence-electron chi connectivity index (χ2n) is 3.15.